The van der Waals surface area contributed by atoms with Crippen molar-refractivity contribution in [2.24, 2.45) is 0 Å². The third-order valence-electron chi connectivity index (χ3n) is 8.72. The lowest BCUT2D eigenvalue weighted by Gasteiger charge is -2.30. The van der Waals surface area contributed by atoms with Crippen molar-refractivity contribution in [3.63, 3.8) is 0 Å². The lowest BCUT2D eigenvalue weighted by Crippen LogP contribution is -3.00. The zero-order valence-electron chi connectivity index (χ0n) is 27.0. The Balaban J connectivity index is 0.00000800. The van der Waals surface area contributed by atoms with Crippen molar-refractivity contribution in [3.8, 4) is 5.75 Å². The molecule has 0 bridgehead atoms. The molecule has 0 fully saturated rings. The summed E-state index contributed by atoms with van der Waals surface area (Å²) in [6.45, 7) is 4.75. The number of fused-ring (bicyclic) bond motifs is 1. The molecule has 0 heterocycles. The molecular weight excluding hydrogens is 518 g/mol. The van der Waals surface area contributed by atoms with E-state index in [1.165, 1.54) is 121 Å². The summed E-state index contributed by atoms with van der Waals surface area (Å²) in [5, 5.41) is 0. The Morgan fingerprint density at radius 1 is 0.625 bits per heavy atom. The Morgan fingerprint density at radius 2 is 1.12 bits per heavy atom. The number of unbranched alkanes of at least 4 members (excludes halogenated alkanes) is 15. The van der Waals surface area contributed by atoms with Crippen LogP contribution in [-0.4, -0.2) is 53.0 Å². The first-order valence-corrected chi connectivity index (χ1v) is 16.3. The third-order valence-corrected chi connectivity index (χ3v) is 8.72. The largest absolute Gasteiger partial charge is 1.00 e. The molecule has 1 atom stereocenters. The van der Waals surface area contributed by atoms with Crippen LogP contribution in [0.5, 0.6) is 5.75 Å². The summed E-state index contributed by atoms with van der Waals surface area (Å²) in [5.41, 5.74) is 2.33. The van der Waals surface area contributed by atoms with Crippen molar-refractivity contribution in [1.82, 2.24) is 0 Å². The summed E-state index contributed by atoms with van der Waals surface area (Å²) in [6.07, 6.45) is 25.1. The van der Waals surface area contributed by atoms with E-state index in [1.54, 1.807) is 21.3 Å². The van der Waals surface area contributed by atoms with E-state index in [1.807, 2.05) is 6.07 Å². The maximum Gasteiger partial charge on any atom is 0.168 e. The van der Waals surface area contributed by atoms with Crippen molar-refractivity contribution in [1.29, 1.82) is 0 Å². The van der Waals surface area contributed by atoms with Gasteiger partial charge >= 0.3 is 0 Å². The molecule has 0 spiro atoms. The zero-order chi connectivity index (χ0) is 28.3. The van der Waals surface area contributed by atoms with Gasteiger partial charge in [0.05, 0.1) is 54.1 Å². The maximum atomic E-state index is 5.85. The number of benzene rings is 1. The van der Waals surface area contributed by atoms with E-state index in [-0.39, 0.29) is 18.3 Å². The normalized spacial score (nSPS) is 14.7. The first-order valence-electron chi connectivity index (χ1n) is 16.3. The third kappa shape index (κ3) is 12.6. The standard InChI is InChI=1S/C35H62NO3.ClH/c1-7-8-9-10-11-12-13-14-15-16-17-18-19-20-21-22-28-36(2,3)29-24-26-31-30-25-23-27-32(37-4)33(30)35(39-6)34(31)38-5;/h23,25,27,31H,7-22,24,26,28-29H2,1-6H3;1H/q+1;/p-1. The van der Waals surface area contributed by atoms with Crippen molar-refractivity contribution in [2.45, 2.75) is 128 Å². The van der Waals surface area contributed by atoms with Crippen LogP contribution in [-0.2, 0) is 9.47 Å². The lowest BCUT2D eigenvalue weighted by atomic mass is 9.94. The predicted molar refractivity (Wildman–Crippen MR) is 167 cm³/mol. The molecule has 0 saturated heterocycles. The molecule has 1 unspecified atom stereocenters. The van der Waals surface area contributed by atoms with Crippen molar-refractivity contribution >= 4 is 5.76 Å². The maximum absolute atomic E-state index is 5.85. The highest BCUT2D eigenvalue weighted by Gasteiger charge is 2.36. The number of allylic oxidation sites excluding steroid dienone is 1. The van der Waals surface area contributed by atoms with E-state index < -0.39 is 0 Å². The average Bonchev–Trinajstić information content (AvgIpc) is 3.25. The van der Waals surface area contributed by atoms with Crippen LogP contribution in [0.2, 0.25) is 0 Å². The van der Waals surface area contributed by atoms with E-state index in [0.717, 1.165) is 40.2 Å². The van der Waals surface area contributed by atoms with Gasteiger partial charge < -0.3 is 31.1 Å². The lowest BCUT2D eigenvalue weighted by molar-refractivity contribution is -0.890. The molecule has 4 nitrogen and oxygen atoms in total. The molecule has 0 N–H and O–H groups in total. The second-order valence-electron chi connectivity index (χ2n) is 12.4. The number of hydrogen-bond acceptors (Lipinski definition) is 3. The monoisotopic (exact) mass is 579 g/mol. The minimum atomic E-state index is 0. The topological polar surface area (TPSA) is 27.7 Å². The molecule has 0 aromatic heterocycles. The molecular formula is C35H62ClNO3. The van der Waals surface area contributed by atoms with Crippen molar-refractivity contribution in [3.05, 3.63) is 35.1 Å². The fraction of sp³-hybridized carbons (Fsp3) is 0.771. The van der Waals surface area contributed by atoms with Crippen LogP contribution < -0.4 is 17.1 Å². The van der Waals surface area contributed by atoms with Gasteiger partial charge in [-0.3, -0.25) is 0 Å². The Kier molecular flexibility index (Phi) is 19.5. The summed E-state index contributed by atoms with van der Waals surface area (Å²) in [5.74, 6) is 2.88. The fourth-order valence-corrected chi connectivity index (χ4v) is 6.32. The molecule has 0 saturated carbocycles. The van der Waals surface area contributed by atoms with Gasteiger partial charge in [0.2, 0.25) is 0 Å². The van der Waals surface area contributed by atoms with Crippen LogP contribution in [0, 0.1) is 0 Å². The molecule has 0 amide bonds. The van der Waals surface area contributed by atoms with E-state index in [0.29, 0.717) is 0 Å². The number of methoxy groups -OCH3 is 3. The molecule has 40 heavy (non-hydrogen) atoms. The highest BCUT2D eigenvalue weighted by Crippen LogP contribution is 2.48. The van der Waals surface area contributed by atoms with E-state index >= 15 is 0 Å². The fourth-order valence-electron chi connectivity index (χ4n) is 6.32. The first-order chi connectivity index (χ1) is 19.0. The average molecular weight is 580 g/mol. The smallest absolute Gasteiger partial charge is 0.168 e. The van der Waals surface area contributed by atoms with Crippen LogP contribution in [0.4, 0.5) is 0 Å². The van der Waals surface area contributed by atoms with Gasteiger partial charge in [-0.05, 0) is 37.3 Å². The molecule has 1 aromatic rings. The van der Waals surface area contributed by atoms with Gasteiger partial charge in [0.1, 0.15) is 11.5 Å². The quantitative estimate of drug-likeness (QED) is 0.0987. The van der Waals surface area contributed by atoms with Gasteiger partial charge in [-0.25, -0.2) is 0 Å². The Hall–Kier alpha value is -1.39. The number of halogens is 1. The van der Waals surface area contributed by atoms with Gasteiger partial charge in [0.25, 0.3) is 0 Å². The molecule has 5 heteroatoms. The number of nitrogens with zero attached hydrogens (tertiary/aromatic N) is 1. The van der Waals surface area contributed by atoms with Crippen LogP contribution in [0.3, 0.4) is 0 Å². The molecule has 232 valence electrons. The minimum Gasteiger partial charge on any atom is -1.00 e. The van der Waals surface area contributed by atoms with Crippen LogP contribution >= 0.6 is 0 Å². The van der Waals surface area contributed by atoms with Gasteiger partial charge in [-0.1, -0.05) is 109 Å². The summed E-state index contributed by atoms with van der Waals surface area (Å²) >= 11 is 0. The molecule has 2 rings (SSSR count). The highest BCUT2D eigenvalue weighted by atomic mass is 35.5. The van der Waals surface area contributed by atoms with Gasteiger partial charge in [-0.15, -0.1) is 0 Å². The summed E-state index contributed by atoms with van der Waals surface area (Å²) < 4.78 is 18.4. The molecule has 1 aliphatic rings. The predicted octanol–water partition coefficient (Wildman–Crippen LogP) is 6.88. The summed E-state index contributed by atoms with van der Waals surface area (Å²) in [7, 11) is 10.00. The molecule has 1 aliphatic carbocycles. The van der Waals surface area contributed by atoms with Crippen LogP contribution in [0.25, 0.3) is 5.76 Å². The number of hydrogen-bond donors (Lipinski definition) is 0. The van der Waals surface area contributed by atoms with Crippen LogP contribution in [0.1, 0.15) is 140 Å². The van der Waals surface area contributed by atoms with E-state index in [2.05, 4.69) is 33.2 Å². The number of quaternary nitrogens is 1. The summed E-state index contributed by atoms with van der Waals surface area (Å²) in [4.78, 5) is 0. The highest BCUT2D eigenvalue weighted by molar-refractivity contribution is 5.77. The molecule has 1 aromatic carbocycles. The zero-order valence-corrected chi connectivity index (χ0v) is 27.8. The van der Waals surface area contributed by atoms with Gasteiger partial charge in [0, 0.05) is 5.92 Å². The van der Waals surface area contributed by atoms with Gasteiger partial charge in [-0.2, -0.15) is 0 Å². The number of ether oxygens (including phenoxy) is 3. The summed E-state index contributed by atoms with van der Waals surface area (Å²) in [6, 6.07) is 6.28. The van der Waals surface area contributed by atoms with E-state index in [4.69, 9.17) is 14.2 Å². The Morgan fingerprint density at radius 3 is 1.60 bits per heavy atom. The van der Waals surface area contributed by atoms with Crippen molar-refractivity contribution in [2.75, 3.05) is 48.5 Å². The van der Waals surface area contributed by atoms with Gasteiger partial charge in [0.15, 0.2) is 5.76 Å². The number of rotatable bonds is 24. The molecule has 0 radical (unpaired) electrons. The Bertz CT molecular complexity index is 823. The first kappa shape index (κ1) is 36.6. The second-order valence-corrected chi connectivity index (χ2v) is 12.4. The van der Waals surface area contributed by atoms with Crippen LogP contribution in [0.15, 0.2) is 24.0 Å². The molecule has 0 aliphatic heterocycles. The Labute approximate surface area is 254 Å². The van der Waals surface area contributed by atoms with E-state index in [9.17, 15) is 0 Å². The van der Waals surface area contributed by atoms with Crippen molar-refractivity contribution < 1.29 is 31.1 Å². The minimum absolute atomic E-state index is 0. The second kappa shape index (κ2) is 21.3. The SMILES string of the molecule is CCCCCCCCCCCCCCCCCC[N+](C)(C)CCCC1C(OC)=C(OC)c2c(OC)cccc21.[Cl-].